The summed E-state index contributed by atoms with van der Waals surface area (Å²) in [6.07, 6.45) is 0.0145. The third-order valence-corrected chi connectivity index (χ3v) is 3.70. The average molecular weight is 321 g/mol. The molecule has 1 aliphatic heterocycles. The maximum Gasteiger partial charge on any atom is 0.231 e. The number of ether oxygens (including phenoxy) is 2. The second kappa shape index (κ2) is 5.23. The van der Waals surface area contributed by atoms with Gasteiger partial charge in [0.1, 0.15) is 0 Å². The third-order valence-electron chi connectivity index (χ3n) is 3.11. The SMILES string of the molecule is OC(Cc1ccccc1)c1cc(Br)c2c(c1)OCO2. The minimum absolute atomic E-state index is 0.228. The first-order valence-electron chi connectivity index (χ1n) is 6.05. The van der Waals surface area contributed by atoms with Gasteiger partial charge in [0.2, 0.25) is 6.79 Å². The van der Waals surface area contributed by atoms with E-state index in [4.69, 9.17) is 9.47 Å². The number of benzene rings is 2. The van der Waals surface area contributed by atoms with E-state index in [0.717, 1.165) is 15.6 Å². The fourth-order valence-electron chi connectivity index (χ4n) is 2.13. The zero-order valence-corrected chi connectivity index (χ0v) is 11.8. The molecule has 0 amide bonds. The van der Waals surface area contributed by atoms with Crippen LogP contribution in [-0.2, 0) is 6.42 Å². The number of fused-ring (bicyclic) bond motifs is 1. The molecule has 0 saturated carbocycles. The van der Waals surface area contributed by atoms with Crippen molar-refractivity contribution in [2.45, 2.75) is 12.5 Å². The molecule has 0 fully saturated rings. The summed E-state index contributed by atoms with van der Waals surface area (Å²) in [6, 6.07) is 13.6. The second-order valence-corrected chi connectivity index (χ2v) is 5.30. The number of halogens is 1. The molecule has 0 radical (unpaired) electrons. The topological polar surface area (TPSA) is 38.7 Å². The Morgan fingerprint density at radius 2 is 1.95 bits per heavy atom. The summed E-state index contributed by atoms with van der Waals surface area (Å²) in [5, 5.41) is 10.3. The van der Waals surface area contributed by atoms with Crippen molar-refractivity contribution in [2.24, 2.45) is 0 Å². The van der Waals surface area contributed by atoms with Crippen molar-refractivity contribution < 1.29 is 14.6 Å². The predicted molar refractivity (Wildman–Crippen MR) is 75.4 cm³/mol. The first-order valence-corrected chi connectivity index (χ1v) is 6.84. The third kappa shape index (κ3) is 2.60. The van der Waals surface area contributed by atoms with Crippen LogP contribution in [0.2, 0.25) is 0 Å². The molecule has 0 bridgehead atoms. The van der Waals surface area contributed by atoms with Crippen molar-refractivity contribution in [1.82, 2.24) is 0 Å². The number of aliphatic hydroxyl groups is 1. The predicted octanol–water partition coefficient (Wildman–Crippen LogP) is 3.45. The van der Waals surface area contributed by atoms with Gasteiger partial charge in [0.05, 0.1) is 10.6 Å². The van der Waals surface area contributed by atoms with E-state index < -0.39 is 6.10 Å². The Morgan fingerprint density at radius 1 is 1.16 bits per heavy atom. The summed E-state index contributed by atoms with van der Waals surface area (Å²) in [7, 11) is 0. The minimum atomic E-state index is -0.562. The van der Waals surface area contributed by atoms with E-state index in [1.54, 1.807) is 0 Å². The molecular formula is C15H13BrO3. The highest BCUT2D eigenvalue weighted by atomic mass is 79.9. The zero-order chi connectivity index (χ0) is 13.2. The molecule has 1 N–H and O–H groups in total. The second-order valence-electron chi connectivity index (χ2n) is 4.44. The van der Waals surface area contributed by atoms with Crippen LogP contribution in [0.25, 0.3) is 0 Å². The molecule has 2 aromatic carbocycles. The normalized spacial score (nSPS) is 14.4. The van der Waals surface area contributed by atoms with Gasteiger partial charge in [-0.25, -0.2) is 0 Å². The van der Waals surface area contributed by atoms with Gasteiger partial charge in [-0.05, 0) is 39.2 Å². The smallest absolute Gasteiger partial charge is 0.231 e. The molecule has 1 heterocycles. The van der Waals surface area contributed by atoms with E-state index in [2.05, 4.69) is 15.9 Å². The fourth-order valence-corrected chi connectivity index (χ4v) is 2.71. The molecule has 4 heteroatoms. The van der Waals surface area contributed by atoms with Crippen LogP contribution >= 0.6 is 15.9 Å². The van der Waals surface area contributed by atoms with Crippen molar-refractivity contribution in [3.8, 4) is 11.5 Å². The number of aliphatic hydroxyl groups excluding tert-OH is 1. The highest BCUT2D eigenvalue weighted by Gasteiger charge is 2.20. The monoisotopic (exact) mass is 320 g/mol. The van der Waals surface area contributed by atoms with Gasteiger partial charge in [0.25, 0.3) is 0 Å². The van der Waals surface area contributed by atoms with Gasteiger partial charge in [-0.15, -0.1) is 0 Å². The van der Waals surface area contributed by atoms with Crippen LogP contribution in [0.15, 0.2) is 46.9 Å². The molecule has 3 nitrogen and oxygen atoms in total. The standard InChI is InChI=1S/C15H13BrO3/c16-12-7-11(8-14-15(12)19-9-18-14)13(17)6-10-4-2-1-3-5-10/h1-5,7-8,13,17H,6,9H2. The minimum Gasteiger partial charge on any atom is -0.454 e. The van der Waals surface area contributed by atoms with Crippen LogP contribution in [0.1, 0.15) is 17.2 Å². The van der Waals surface area contributed by atoms with Gasteiger partial charge in [-0.1, -0.05) is 30.3 Å². The highest BCUT2D eigenvalue weighted by Crippen LogP contribution is 2.41. The van der Waals surface area contributed by atoms with Crippen molar-refractivity contribution >= 4 is 15.9 Å². The lowest BCUT2D eigenvalue weighted by Crippen LogP contribution is -2.02. The van der Waals surface area contributed by atoms with E-state index in [0.29, 0.717) is 17.9 Å². The summed E-state index contributed by atoms with van der Waals surface area (Å²) >= 11 is 3.44. The molecule has 1 aliphatic rings. The highest BCUT2D eigenvalue weighted by molar-refractivity contribution is 9.10. The molecule has 19 heavy (non-hydrogen) atoms. The summed E-state index contributed by atoms with van der Waals surface area (Å²) in [5.41, 5.74) is 1.92. The van der Waals surface area contributed by atoms with Crippen molar-refractivity contribution in [1.29, 1.82) is 0 Å². The van der Waals surface area contributed by atoms with Gasteiger partial charge in [0.15, 0.2) is 11.5 Å². The Kier molecular flexibility index (Phi) is 3.44. The number of hydrogen-bond acceptors (Lipinski definition) is 3. The van der Waals surface area contributed by atoms with Gasteiger partial charge in [0, 0.05) is 6.42 Å². The molecule has 0 saturated heterocycles. The molecule has 0 aromatic heterocycles. The van der Waals surface area contributed by atoms with Crippen LogP contribution < -0.4 is 9.47 Å². The summed E-state index contributed by atoms with van der Waals surface area (Å²) in [6.45, 7) is 0.228. The zero-order valence-electron chi connectivity index (χ0n) is 10.2. The van der Waals surface area contributed by atoms with Gasteiger partial charge in [-0.3, -0.25) is 0 Å². The summed E-state index contributed by atoms with van der Waals surface area (Å²) < 4.78 is 11.5. The number of hydrogen-bond donors (Lipinski definition) is 1. The molecule has 1 atom stereocenters. The van der Waals surface area contributed by atoms with Crippen LogP contribution in [0, 0.1) is 0 Å². The van der Waals surface area contributed by atoms with E-state index >= 15 is 0 Å². The van der Waals surface area contributed by atoms with Gasteiger partial charge in [-0.2, -0.15) is 0 Å². The Hall–Kier alpha value is -1.52. The van der Waals surface area contributed by atoms with Crippen LogP contribution in [-0.4, -0.2) is 11.9 Å². The van der Waals surface area contributed by atoms with Crippen LogP contribution in [0.4, 0.5) is 0 Å². The first kappa shape index (κ1) is 12.5. The van der Waals surface area contributed by atoms with Crippen LogP contribution in [0.5, 0.6) is 11.5 Å². The maximum atomic E-state index is 10.3. The molecule has 98 valence electrons. The molecule has 0 aliphatic carbocycles. The van der Waals surface area contributed by atoms with Crippen molar-refractivity contribution in [3.63, 3.8) is 0 Å². The largest absolute Gasteiger partial charge is 0.454 e. The van der Waals surface area contributed by atoms with E-state index in [1.807, 2.05) is 42.5 Å². The van der Waals surface area contributed by atoms with Crippen molar-refractivity contribution in [2.75, 3.05) is 6.79 Å². The molecule has 1 unspecified atom stereocenters. The summed E-state index contributed by atoms with van der Waals surface area (Å²) in [4.78, 5) is 0. The van der Waals surface area contributed by atoms with E-state index in [9.17, 15) is 5.11 Å². The number of rotatable bonds is 3. The lowest BCUT2D eigenvalue weighted by Gasteiger charge is -2.12. The quantitative estimate of drug-likeness (QED) is 0.941. The molecule has 3 rings (SSSR count). The lowest BCUT2D eigenvalue weighted by molar-refractivity contribution is 0.171. The van der Waals surface area contributed by atoms with E-state index in [-0.39, 0.29) is 6.79 Å². The van der Waals surface area contributed by atoms with Gasteiger partial charge >= 0.3 is 0 Å². The molecule has 0 spiro atoms. The van der Waals surface area contributed by atoms with Gasteiger partial charge < -0.3 is 14.6 Å². The molecule has 2 aromatic rings. The van der Waals surface area contributed by atoms with Crippen LogP contribution in [0.3, 0.4) is 0 Å². The summed E-state index contributed by atoms with van der Waals surface area (Å²) in [5.74, 6) is 1.38. The average Bonchev–Trinajstić information content (AvgIpc) is 2.88. The Balaban J connectivity index is 1.84. The Morgan fingerprint density at radius 3 is 2.74 bits per heavy atom. The fraction of sp³-hybridized carbons (Fsp3) is 0.200. The maximum absolute atomic E-state index is 10.3. The first-order chi connectivity index (χ1) is 9.24. The van der Waals surface area contributed by atoms with Crippen molar-refractivity contribution in [3.05, 3.63) is 58.1 Å². The van der Waals surface area contributed by atoms with E-state index in [1.165, 1.54) is 0 Å². The molecular weight excluding hydrogens is 308 g/mol. The Labute approximate surface area is 119 Å². The lowest BCUT2D eigenvalue weighted by atomic mass is 10.0. The Bertz CT molecular complexity index is 583.